The summed E-state index contributed by atoms with van der Waals surface area (Å²) in [5.41, 5.74) is 2.24. The molecular formula is C11H14O2. The van der Waals surface area contributed by atoms with Gasteiger partial charge >= 0.3 is 0 Å². The van der Waals surface area contributed by atoms with Gasteiger partial charge in [0.15, 0.2) is 0 Å². The lowest BCUT2D eigenvalue weighted by Crippen LogP contribution is -1.86. The number of aryl methyl sites for hydroxylation is 1. The van der Waals surface area contributed by atoms with E-state index in [0.29, 0.717) is 0 Å². The minimum atomic E-state index is 0.912. The highest BCUT2D eigenvalue weighted by Crippen LogP contribution is 2.18. The van der Waals surface area contributed by atoms with Gasteiger partial charge in [-0.1, -0.05) is 6.07 Å². The molecule has 0 aliphatic rings. The smallest absolute Gasteiger partial charge is 0.121 e. The fourth-order valence-electron chi connectivity index (χ4n) is 1.15. The van der Waals surface area contributed by atoms with Crippen LogP contribution in [0.15, 0.2) is 24.5 Å². The van der Waals surface area contributed by atoms with Gasteiger partial charge in [-0.3, -0.25) is 0 Å². The normalized spacial score (nSPS) is 10.4. The Kier molecular flexibility index (Phi) is 3.38. The molecule has 0 aliphatic carbocycles. The van der Waals surface area contributed by atoms with Crippen molar-refractivity contribution in [3.63, 3.8) is 0 Å². The molecule has 1 aromatic rings. The highest BCUT2D eigenvalue weighted by molar-refractivity contribution is 5.52. The fourth-order valence-corrected chi connectivity index (χ4v) is 1.15. The first kappa shape index (κ1) is 9.65. The summed E-state index contributed by atoms with van der Waals surface area (Å²) in [5.74, 6) is 0.912. The van der Waals surface area contributed by atoms with Crippen molar-refractivity contribution in [3.8, 4) is 5.75 Å². The molecule has 0 saturated carbocycles. The van der Waals surface area contributed by atoms with E-state index in [1.165, 1.54) is 0 Å². The maximum absolute atomic E-state index is 5.15. The molecule has 0 radical (unpaired) electrons. The van der Waals surface area contributed by atoms with E-state index >= 15 is 0 Å². The molecule has 0 fully saturated rings. The molecule has 0 atom stereocenters. The molecule has 0 unspecified atom stereocenters. The molecule has 0 aromatic heterocycles. The van der Waals surface area contributed by atoms with Crippen LogP contribution >= 0.6 is 0 Å². The van der Waals surface area contributed by atoms with Gasteiger partial charge in [-0.15, -0.1) is 0 Å². The van der Waals surface area contributed by atoms with E-state index in [1.807, 2.05) is 31.2 Å². The summed E-state index contributed by atoms with van der Waals surface area (Å²) in [6, 6.07) is 5.99. The SMILES string of the molecule is CO/C=C/c1ccc(OC)c(C)c1. The predicted molar refractivity (Wildman–Crippen MR) is 53.8 cm³/mol. The minimum absolute atomic E-state index is 0.912. The second kappa shape index (κ2) is 4.55. The van der Waals surface area contributed by atoms with Crippen LogP contribution in [-0.2, 0) is 4.74 Å². The van der Waals surface area contributed by atoms with Crippen LogP contribution in [0.5, 0.6) is 5.75 Å². The molecule has 1 aromatic carbocycles. The standard InChI is InChI=1S/C11H14O2/c1-9-8-10(6-7-12-2)4-5-11(9)13-3/h4-8H,1-3H3/b7-6+. The Morgan fingerprint density at radius 2 is 2.00 bits per heavy atom. The summed E-state index contributed by atoms with van der Waals surface area (Å²) < 4.78 is 9.98. The second-order valence-electron chi connectivity index (χ2n) is 2.77. The predicted octanol–water partition coefficient (Wildman–Crippen LogP) is 2.62. The summed E-state index contributed by atoms with van der Waals surface area (Å²) in [5, 5.41) is 0. The molecule has 0 aliphatic heterocycles. The van der Waals surface area contributed by atoms with Crippen LogP contribution in [0.2, 0.25) is 0 Å². The number of methoxy groups -OCH3 is 2. The van der Waals surface area contributed by atoms with Crippen molar-refractivity contribution < 1.29 is 9.47 Å². The molecule has 0 N–H and O–H groups in total. The Labute approximate surface area is 78.8 Å². The summed E-state index contributed by atoms with van der Waals surface area (Å²) in [4.78, 5) is 0. The molecule has 2 nitrogen and oxygen atoms in total. The van der Waals surface area contributed by atoms with E-state index in [9.17, 15) is 0 Å². The van der Waals surface area contributed by atoms with Crippen molar-refractivity contribution in [1.82, 2.24) is 0 Å². The first-order valence-electron chi connectivity index (χ1n) is 4.12. The zero-order valence-corrected chi connectivity index (χ0v) is 8.20. The van der Waals surface area contributed by atoms with Crippen molar-refractivity contribution in [2.24, 2.45) is 0 Å². The van der Waals surface area contributed by atoms with Crippen molar-refractivity contribution in [3.05, 3.63) is 35.6 Å². The largest absolute Gasteiger partial charge is 0.504 e. The van der Waals surface area contributed by atoms with Crippen LogP contribution in [0.25, 0.3) is 6.08 Å². The maximum Gasteiger partial charge on any atom is 0.121 e. The van der Waals surface area contributed by atoms with Gasteiger partial charge in [0.2, 0.25) is 0 Å². The van der Waals surface area contributed by atoms with Gasteiger partial charge in [0.05, 0.1) is 20.5 Å². The summed E-state index contributed by atoms with van der Waals surface area (Å²) >= 11 is 0. The van der Waals surface area contributed by atoms with E-state index in [4.69, 9.17) is 9.47 Å². The van der Waals surface area contributed by atoms with Gasteiger partial charge in [-0.05, 0) is 36.3 Å². The van der Waals surface area contributed by atoms with Gasteiger partial charge in [0, 0.05) is 0 Å². The summed E-state index contributed by atoms with van der Waals surface area (Å²) in [6.07, 6.45) is 3.56. The number of ether oxygens (including phenoxy) is 2. The lowest BCUT2D eigenvalue weighted by molar-refractivity contribution is 0.341. The van der Waals surface area contributed by atoms with Crippen molar-refractivity contribution in [2.45, 2.75) is 6.92 Å². The fraction of sp³-hybridized carbons (Fsp3) is 0.273. The number of rotatable bonds is 3. The Balaban J connectivity index is 2.89. The van der Waals surface area contributed by atoms with Crippen LogP contribution in [-0.4, -0.2) is 14.2 Å². The maximum atomic E-state index is 5.15. The van der Waals surface area contributed by atoms with Gasteiger partial charge in [0.25, 0.3) is 0 Å². The van der Waals surface area contributed by atoms with Crippen LogP contribution in [0.3, 0.4) is 0 Å². The molecule has 70 valence electrons. The minimum Gasteiger partial charge on any atom is -0.504 e. The van der Waals surface area contributed by atoms with Crippen molar-refractivity contribution in [2.75, 3.05) is 14.2 Å². The number of hydrogen-bond acceptors (Lipinski definition) is 2. The lowest BCUT2D eigenvalue weighted by atomic mass is 10.1. The Bertz CT molecular complexity index is 303. The van der Waals surface area contributed by atoms with Crippen molar-refractivity contribution >= 4 is 6.08 Å². The third-order valence-corrected chi connectivity index (χ3v) is 1.82. The van der Waals surface area contributed by atoms with Crippen molar-refractivity contribution in [1.29, 1.82) is 0 Å². The third kappa shape index (κ3) is 2.51. The molecule has 2 heteroatoms. The molecule has 0 amide bonds. The van der Waals surface area contributed by atoms with Crippen LogP contribution in [0.4, 0.5) is 0 Å². The summed E-state index contributed by atoms with van der Waals surface area (Å²) in [6.45, 7) is 2.02. The molecule has 0 bridgehead atoms. The highest BCUT2D eigenvalue weighted by Gasteiger charge is 1.96. The third-order valence-electron chi connectivity index (χ3n) is 1.82. The number of hydrogen-bond donors (Lipinski definition) is 0. The van der Waals surface area contributed by atoms with Gasteiger partial charge < -0.3 is 9.47 Å². The molecule has 0 heterocycles. The quantitative estimate of drug-likeness (QED) is 0.662. The Morgan fingerprint density at radius 3 is 2.54 bits per heavy atom. The van der Waals surface area contributed by atoms with Gasteiger partial charge in [-0.25, -0.2) is 0 Å². The van der Waals surface area contributed by atoms with Crippen LogP contribution < -0.4 is 4.74 Å². The highest BCUT2D eigenvalue weighted by atomic mass is 16.5. The molecule has 0 saturated heterocycles. The lowest BCUT2D eigenvalue weighted by Gasteiger charge is -2.04. The first-order chi connectivity index (χ1) is 6.27. The molecular weight excluding hydrogens is 164 g/mol. The average Bonchev–Trinajstić information content (AvgIpc) is 2.15. The molecule has 0 spiro atoms. The Morgan fingerprint density at radius 1 is 1.23 bits per heavy atom. The second-order valence-corrected chi connectivity index (χ2v) is 2.77. The van der Waals surface area contributed by atoms with E-state index in [-0.39, 0.29) is 0 Å². The van der Waals surface area contributed by atoms with Gasteiger partial charge in [0.1, 0.15) is 5.75 Å². The Hall–Kier alpha value is -1.44. The van der Waals surface area contributed by atoms with E-state index in [1.54, 1.807) is 20.5 Å². The zero-order chi connectivity index (χ0) is 9.68. The van der Waals surface area contributed by atoms with Crippen LogP contribution in [0, 0.1) is 6.92 Å². The van der Waals surface area contributed by atoms with E-state index < -0.39 is 0 Å². The summed E-state index contributed by atoms with van der Waals surface area (Å²) in [7, 11) is 3.31. The van der Waals surface area contributed by atoms with Gasteiger partial charge in [-0.2, -0.15) is 0 Å². The van der Waals surface area contributed by atoms with E-state index in [2.05, 4.69) is 0 Å². The average molecular weight is 178 g/mol. The molecule has 1 rings (SSSR count). The monoisotopic (exact) mass is 178 g/mol. The molecule has 13 heavy (non-hydrogen) atoms. The number of benzene rings is 1. The van der Waals surface area contributed by atoms with Crippen LogP contribution in [0.1, 0.15) is 11.1 Å². The topological polar surface area (TPSA) is 18.5 Å². The first-order valence-corrected chi connectivity index (χ1v) is 4.12. The van der Waals surface area contributed by atoms with E-state index in [0.717, 1.165) is 16.9 Å². The zero-order valence-electron chi connectivity index (χ0n) is 8.20.